The summed E-state index contributed by atoms with van der Waals surface area (Å²) in [5.74, 6) is -0.559. The summed E-state index contributed by atoms with van der Waals surface area (Å²) in [5.41, 5.74) is 5.58. The molecule has 1 aromatic rings. The van der Waals surface area contributed by atoms with Crippen molar-refractivity contribution in [3.8, 4) is 0 Å². The number of nitrogens with two attached hydrogens (primary N) is 1. The van der Waals surface area contributed by atoms with Gasteiger partial charge in [-0.25, -0.2) is 8.42 Å². The van der Waals surface area contributed by atoms with E-state index in [-0.39, 0.29) is 10.3 Å². The van der Waals surface area contributed by atoms with E-state index in [0.717, 1.165) is 25.9 Å². The summed E-state index contributed by atoms with van der Waals surface area (Å²) >= 11 is 0. The number of rotatable bonds is 3. The van der Waals surface area contributed by atoms with Crippen molar-refractivity contribution in [3.63, 3.8) is 0 Å². The topological polar surface area (TPSA) is 92.5 Å². The van der Waals surface area contributed by atoms with Crippen LogP contribution in [0.3, 0.4) is 0 Å². The number of hydrogen-bond acceptors (Lipinski definition) is 4. The number of nitrogens with zero attached hydrogens (tertiary/aromatic N) is 1. The van der Waals surface area contributed by atoms with Crippen molar-refractivity contribution in [3.05, 3.63) is 29.8 Å². The maximum atomic E-state index is 12.6. The number of carbonyl (C=O) groups excluding carboxylic acids is 1. The van der Waals surface area contributed by atoms with E-state index < -0.39 is 15.9 Å². The van der Waals surface area contributed by atoms with Crippen LogP contribution < -0.4 is 11.1 Å². The lowest BCUT2D eigenvalue weighted by atomic mass is 9.87. The average Bonchev–Trinajstić information content (AvgIpc) is 3.10. The van der Waals surface area contributed by atoms with Crippen LogP contribution in [-0.4, -0.2) is 44.8 Å². The Hall–Kier alpha value is -1.44. The van der Waals surface area contributed by atoms with Gasteiger partial charge in [0.1, 0.15) is 0 Å². The summed E-state index contributed by atoms with van der Waals surface area (Å²) in [5, 5.41) is 3.31. The lowest BCUT2D eigenvalue weighted by Gasteiger charge is -2.22. The van der Waals surface area contributed by atoms with Crippen LogP contribution in [0.15, 0.2) is 29.2 Å². The molecule has 0 aliphatic carbocycles. The van der Waals surface area contributed by atoms with Gasteiger partial charge in [0.15, 0.2) is 0 Å². The molecule has 1 aromatic carbocycles. The highest BCUT2D eigenvalue weighted by Crippen LogP contribution is 2.38. The molecule has 7 heteroatoms. The fourth-order valence-electron chi connectivity index (χ4n) is 3.18. The van der Waals surface area contributed by atoms with Gasteiger partial charge < -0.3 is 11.1 Å². The number of primary amides is 1. The van der Waals surface area contributed by atoms with E-state index >= 15 is 0 Å². The third kappa shape index (κ3) is 2.56. The second kappa shape index (κ2) is 5.08. The smallest absolute Gasteiger partial charge is 0.248 e. The van der Waals surface area contributed by atoms with Crippen LogP contribution in [0.25, 0.3) is 0 Å². The molecule has 1 unspecified atom stereocenters. The summed E-state index contributed by atoms with van der Waals surface area (Å²) in [4.78, 5) is 11.3. The van der Waals surface area contributed by atoms with Crippen molar-refractivity contribution in [2.75, 3.05) is 26.2 Å². The molecular formula is C14H19N3O3S. The average molecular weight is 309 g/mol. The predicted molar refractivity (Wildman–Crippen MR) is 78.3 cm³/mol. The highest BCUT2D eigenvalue weighted by atomic mass is 32.2. The van der Waals surface area contributed by atoms with E-state index in [4.69, 9.17) is 5.73 Å². The van der Waals surface area contributed by atoms with Crippen molar-refractivity contribution < 1.29 is 13.2 Å². The van der Waals surface area contributed by atoms with E-state index in [1.54, 1.807) is 4.31 Å². The molecule has 114 valence electrons. The van der Waals surface area contributed by atoms with Crippen LogP contribution in [-0.2, 0) is 10.0 Å². The Labute approximate surface area is 124 Å². The number of benzene rings is 1. The molecular weight excluding hydrogens is 290 g/mol. The first-order valence-corrected chi connectivity index (χ1v) is 8.48. The minimum absolute atomic E-state index is 0.0975. The van der Waals surface area contributed by atoms with Crippen LogP contribution in [0.5, 0.6) is 0 Å². The molecule has 2 saturated heterocycles. The zero-order valence-electron chi connectivity index (χ0n) is 11.7. The zero-order chi connectivity index (χ0) is 15.1. The van der Waals surface area contributed by atoms with Crippen molar-refractivity contribution in [1.82, 2.24) is 9.62 Å². The highest BCUT2D eigenvalue weighted by Gasteiger charge is 2.44. The van der Waals surface area contributed by atoms with Crippen molar-refractivity contribution in [1.29, 1.82) is 0 Å². The minimum atomic E-state index is -3.49. The quantitative estimate of drug-likeness (QED) is 0.832. The Balaban J connectivity index is 1.82. The summed E-state index contributed by atoms with van der Waals surface area (Å²) in [6.07, 6.45) is 1.93. The second-order valence-electron chi connectivity index (χ2n) is 5.90. The van der Waals surface area contributed by atoms with Crippen LogP contribution in [0, 0.1) is 5.41 Å². The number of sulfonamides is 1. The Morgan fingerprint density at radius 3 is 2.52 bits per heavy atom. The Kier molecular flexibility index (Phi) is 3.51. The lowest BCUT2D eigenvalue weighted by Crippen LogP contribution is -2.33. The molecule has 0 aromatic heterocycles. The van der Waals surface area contributed by atoms with Crippen molar-refractivity contribution >= 4 is 15.9 Å². The van der Waals surface area contributed by atoms with Crippen LogP contribution in [0.2, 0.25) is 0 Å². The number of amides is 1. The van der Waals surface area contributed by atoms with Gasteiger partial charge in [-0.15, -0.1) is 0 Å². The van der Waals surface area contributed by atoms with E-state index in [9.17, 15) is 13.2 Å². The van der Waals surface area contributed by atoms with Gasteiger partial charge in [0.05, 0.1) is 4.90 Å². The fourth-order valence-corrected chi connectivity index (χ4v) is 4.74. The van der Waals surface area contributed by atoms with E-state index in [1.807, 2.05) is 0 Å². The number of nitrogens with one attached hydrogen (secondary N) is 1. The Bertz CT molecular complexity index is 649. The van der Waals surface area contributed by atoms with Crippen LogP contribution in [0.1, 0.15) is 23.2 Å². The molecule has 1 spiro atoms. The van der Waals surface area contributed by atoms with E-state index in [1.165, 1.54) is 24.3 Å². The molecule has 21 heavy (non-hydrogen) atoms. The summed E-state index contributed by atoms with van der Waals surface area (Å²) in [7, 11) is -3.49. The molecule has 2 fully saturated rings. The standard InChI is InChI=1S/C14H19N3O3S/c15-13(18)11-1-3-12(4-2-11)21(19,20)17-8-6-14(10-17)5-7-16-9-14/h1-4,16H,5-10H2,(H2,15,18). The third-order valence-electron chi connectivity index (χ3n) is 4.51. The number of carbonyl (C=O) groups is 1. The van der Waals surface area contributed by atoms with Gasteiger partial charge in [0.25, 0.3) is 0 Å². The molecule has 1 amide bonds. The molecule has 3 N–H and O–H groups in total. The molecule has 2 aliphatic heterocycles. The molecule has 0 radical (unpaired) electrons. The highest BCUT2D eigenvalue weighted by molar-refractivity contribution is 7.89. The molecule has 2 heterocycles. The van der Waals surface area contributed by atoms with Gasteiger partial charge in [-0.1, -0.05) is 0 Å². The maximum Gasteiger partial charge on any atom is 0.248 e. The van der Waals surface area contributed by atoms with E-state index in [0.29, 0.717) is 18.7 Å². The predicted octanol–water partition coefficient (Wildman–Crippen LogP) is 0.160. The van der Waals surface area contributed by atoms with E-state index in [2.05, 4.69) is 5.32 Å². The van der Waals surface area contributed by atoms with Gasteiger partial charge in [0, 0.05) is 25.2 Å². The van der Waals surface area contributed by atoms with Crippen molar-refractivity contribution in [2.24, 2.45) is 11.1 Å². The largest absolute Gasteiger partial charge is 0.366 e. The second-order valence-corrected chi connectivity index (χ2v) is 7.84. The lowest BCUT2D eigenvalue weighted by molar-refractivity contribution is 0.1000. The zero-order valence-corrected chi connectivity index (χ0v) is 12.5. The first-order chi connectivity index (χ1) is 9.93. The first kappa shape index (κ1) is 14.5. The van der Waals surface area contributed by atoms with Gasteiger partial charge in [0.2, 0.25) is 15.9 Å². The fraction of sp³-hybridized carbons (Fsp3) is 0.500. The minimum Gasteiger partial charge on any atom is -0.366 e. The van der Waals surface area contributed by atoms with Crippen LogP contribution in [0.4, 0.5) is 0 Å². The molecule has 1 atom stereocenters. The van der Waals surface area contributed by atoms with Gasteiger partial charge in [-0.05, 0) is 49.1 Å². The number of hydrogen-bond donors (Lipinski definition) is 2. The summed E-state index contributed by atoms with van der Waals surface area (Å²) < 4.78 is 26.8. The van der Waals surface area contributed by atoms with Gasteiger partial charge >= 0.3 is 0 Å². The van der Waals surface area contributed by atoms with Gasteiger partial charge in [-0.2, -0.15) is 4.31 Å². The molecule has 3 rings (SSSR count). The molecule has 0 saturated carbocycles. The van der Waals surface area contributed by atoms with Crippen molar-refractivity contribution in [2.45, 2.75) is 17.7 Å². The Morgan fingerprint density at radius 1 is 1.24 bits per heavy atom. The first-order valence-electron chi connectivity index (χ1n) is 7.04. The Morgan fingerprint density at radius 2 is 1.95 bits per heavy atom. The summed E-state index contributed by atoms with van der Waals surface area (Å²) in [6, 6.07) is 5.82. The van der Waals surface area contributed by atoms with Gasteiger partial charge in [-0.3, -0.25) is 4.79 Å². The summed E-state index contributed by atoms with van der Waals surface area (Å²) in [6.45, 7) is 2.97. The third-order valence-corrected chi connectivity index (χ3v) is 6.37. The normalized spacial score (nSPS) is 26.5. The molecule has 6 nitrogen and oxygen atoms in total. The maximum absolute atomic E-state index is 12.6. The van der Waals surface area contributed by atoms with Crippen LogP contribution >= 0.6 is 0 Å². The monoisotopic (exact) mass is 309 g/mol. The molecule has 2 aliphatic rings. The SMILES string of the molecule is NC(=O)c1ccc(S(=O)(=O)N2CCC3(CCNC3)C2)cc1. The molecule has 0 bridgehead atoms.